The van der Waals surface area contributed by atoms with Gasteiger partial charge < -0.3 is 51.2 Å². The van der Waals surface area contributed by atoms with Gasteiger partial charge in [0.05, 0.1) is 23.0 Å². The van der Waals surface area contributed by atoms with E-state index in [2.05, 4.69) is 61.8 Å². The number of nitrogens with zero attached hydrogens (tertiary/aromatic N) is 6. The molecule has 4 aromatic carbocycles. The van der Waals surface area contributed by atoms with Crippen LogP contribution in [0.15, 0.2) is 107 Å². The zero-order valence-electron chi connectivity index (χ0n) is 32.1. The summed E-state index contributed by atoms with van der Waals surface area (Å²) in [6.45, 7) is -0.168. The number of aliphatic hydroxyl groups is 2. The van der Waals surface area contributed by atoms with Gasteiger partial charge in [-0.1, -0.05) is 60.7 Å². The minimum atomic E-state index is -5.11. The van der Waals surface area contributed by atoms with E-state index in [1.165, 1.54) is 36.4 Å². The third-order valence-corrected chi connectivity index (χ3v) is 9.43. The summed E-state index contributed by atoms with van der Waals surface area (Å²) in [6, 6.07) is 25.5. The van der Waals surface area contributed by atoms with Crippen LogP contribution in [0.2, 0.25) is 0 Å². The van der Waals surface area contributed by atoms with E-state index in [1.807, 2.05) is 12.1 Å². The maximum atomic E-state index is 12.5. The van der Waals surface area contributed by atoms with Gasteiger partial charge in [0.15, 0.2) is 0 Å². The van der Waals surface area contributed by atoms with E-state index in [1.54, 1.807) is 48.5 Å². The first kappa shape index (κ1) is 47.9. The minimum absolute atomic E-state index is 0. The smallest absolute Gasteiger partial charge is 0.744 e. The molecular formula is C36H34N12Na2O8S2. The van der Waals surface area contributed by atoms with E-state index in [0.29, 0.717) is 11.4 Å². The predicted octanol–water partition coefficient (Wildman–Crippen LogP) is -2.17. The quantitative estimate of drug-likeness (QED) is 0.0259. The first-order valence-corrected chi connectivity index (χ1v) is 20.0. The summed E-state index contributed by atoms with van der Waals surface area (Å²) in [5.74, 6) is 0.328. The number of rotatable bonds is 18. The molecule has 0 amide bonds. The van der Waals surface area contributed by atoms with Crippen molar-refractivity contribution in [2.45, 2.75) is 9.79 Å². The Morgan fingerprint density at radius 1 is 0.467 bits per heavy atom. The van der Waals surface area contributed by atoms with Gasteiger partial charge in [-0.05, 0) is 59.7 Å². The molecule has 0 spiro atoms. The Kier molecular flexibility index (Phi) is 17.7. The molecule has 60 heavy (non-hydrogen) atoms. The van der Waals surface area contributed by atoms with Gasteiger partial charge in [0.25, 0.3) is 0 Å². The van der Waals surface area contributed by atoms with Crippen LogP contribution in [0.5, 0.6) is 0 Å². The molecule has 0 aliphatic heterocycles. The SMILES string of the molecule is O=S(=O)([O-])c1cc(Nc2nc(NCCO)nc(Nc3ccccc3)n2)ccc1/C=C/c1ccc(Nc2nc(NCCO)nc(Nc3ccccc3)n2)cc1S(=O)(=O)[O-].[Na+].[Na+]. The van der Waals surface area contributed by atoms with Crippen LogP contribution >= 0.6 is 0 Å². The summed E-state index contributed by atoms with van der Waals surface area (Å²) in [5, 5.41) is 35.9. The molecule has 8 N–H and O–H groups in total. The van der Waals surface area contributed by atoms with Crippen molar-refractivity contribution in [1.29, 1.82) is 0 Å². The number of aliphatic hydroxyl groups excluding tert-OH is 2. The Labute approximate surface area is 389 Å². The average Bonchev–Trinajstić information content (AvgIpc) is 3.19. The van der Waals surface area contributed by atoms with Gasteiger partial charge in [0.1, 0.15) is 20.2 Å². The maximum Gasteiger partial charge on any atom is 1.00 e. The van der Waals surface area contributed by atoms with Crippen LogP contribution in [-0.2, 0) is 20.2 Å². The monoisotopic (exact) mass is 872 g/mol. The van der Waals surface area contributed by atoms with Crippen molar-refractivity contribution in [2.24, 2.45) is 0 Å². The van der Waals surface area contributed by atoms with Crippen LogP contribution in [0.4, 0.5) is 58.4 Å². The molecule has 6 rings (SSSR count). The second kappa shape index (κ2) is 22.1. The maximum absolute atomic E-state index is 12.5. The minimum Gasteiger partial charge on any atom is -0.744 e. The van der Waals surface area contributed by atoms with E-state index in [9.17, 15) is 36.2 Å². The van der Waals surface area contributed by atoms with Crippen LogP contribution in [0.3, 0.4) is 0 Å². The van der Waals surface area contributed by atoms with Crippen molar-refractivity contribution in [1.82, 2.24) is 29.9 Å². The summed E-state index contributed by atoms with van der Waals surface area (Å²) in [4.78, 5) is 24.3. The van der Waals surface area contributed by atoms with Crippen molar-refractivity contribution in [3.8, 4) is 0 Å². The fraction of sp³-hybridized carbons (Fsp3) is 0.111. The van der Waals surface area contributed by atoms with Crippen LogP contribution in [0.25, 0.3) is 12.2 Å². The largest absolute Gasteiger partial charge is 1.00 e. The summed E-state index contributed by atoms with van der Waals surface area (Å²) >= 11 is 0. The number of nitrogens with one attached hydrogen (secondary N) is 6. The normalized spacial score (nSPS) is 11.2. The van der Waals surface area contributed by atoms with E-state index in [0.717, 1.165) is 12.1 Å². The summed E-state index contributed by atoms with van der Waals surface area (Å²) in [6.07, 6.45) is 2.36. The first-order valence-electron chi connectivity index (χ1n) is 17.1. The van der Waals surface area contributed by atoms with E-state index in [-0.39, 0.29) is 144 Å². The summed E-state index contributed by atoms with van der Waals surface area (Å²) < 4.78 is 74.8. The molecular weight excluding hydrogens is 839 g/mol. The second-order valence-electron chi connectivity index (χ2n) is 11.9. The molecule has 0 atom stereocenters. The van der Waals surface area contributed by atoms with Crippen LogP contribution in [0, 0.1) is 0 Å². The van der Waals surface area contributed by atoms with Gasteiger partial charge in [-0.2, -0.15) is 29.9 Å². The Morgan fingerprint density at radius 3 is 1.10 bits per heavy atom. The molecule has 20 nitrogen and oxygen atoms in total. The predicted molar refractivity (Wildman–Crippen MR) is 215 cm³/mol. The molecule has 0 aliphatic carbocycles. The Bertz CT molecular complexity index is 2460. The van der Waals surface area contributed by atoms with Crippen molar-refractivity contribution in [2.75, 3.05) is 58.2 Å². The average molecular weight is 873 g/mol. The molecule has 0 fully saturated rings. The summed E-state index contributed by atoms with van der Waals surface area (Å²) in [5.41, 5.74) is 1.30. The van der Waals surface area contributed by atoms with E-state index < -0.39 is 30.0 Å². The standard InChI is InChI=1S/C36H36N12O8S2.2Na/c49-19-17-37-31-43-33(39-25-7-3-1-4-8-25)47-35(45-31)41-27-15-13-23(29(21-27)57(51,52)53)11-12-24-14-16-28(22-30(24)58(54,55)56)42-36-46-32(38-18-20-50)44-34(48-36)40-26-9-5-2-6-10-26;;/h1-16,21-22,49-50H,17-20H2,(H,51,52,53)(H,54,55,56)(H3,37,39,41,43,45,47)(H3,38,40,42,44,46,48);;/q;2*+1/p-2/b12-11+;;. The molecule has 0 aliphatic rings. The molecule has 6 aromatic rings. The third kappa shape index (κ3) is 13.9. The first-order chi connectivity index (χ1) is 27.9. The molecule has 0 saturated heterocycles. The van der Waals surface area contributed by atoms with Crippen LogP contribution < -0.4 is 91.0 Å². The number of para-hydroxylation sites is 2. The number of hydrogen-bond acceptors (Lipinski definition) is 20. The number of aromatic nitrogens is 6. The van der Waals surface area contributed by atoms with Gasteiger partial charge in [-0.3, -0.25) is 0 Å². The number of anilines is 10. The van der Waals surface area contributed by atoms with Crippen molar-refractivity contribution >= 4 is 90.8 Å². The zero-order valence-corrected chi connectivity index (χ0v) is 37.7. The summed E-state index contributed by atoms with van der Waals surface area (Å²) in [7, 11) is -10.2. The Morgan fingerprint density at radius 2 is 0.783 bits per heavy atom. The second-order valence-corrected chi connectivity index (χ2v) is 14.6. The molecule has 0 unspecified atom stereocenters. The fourth-order valence-electron chi connectivity index (χ4n) is 5.14. The molecule has 300 valence electrons. The van der Waals surface area contributed by atoms with E-state index >= 15 is 0 Å². The van der Waals surface area contributed by atoms with Gasteiger partial charge in [-0.25, -0.2) is 16.8 Å². The van der Waals surface area contributed by atoms with Crippen molar-refractivity contribution in [3.05, 3.63) is 108 Å². The van der Waals surface area contributed by atoms with Gasteiger partial charge in [0.2, 0.25) is 35.7 Å². The van der Waals surface area contributed by atoms with E-state index in [4.69, 9.17) is 0 Å². The van der Waals surface area contributed by atoms with Crippen molar-refractivity contribution in [3.63, 3.8) is 0 Å². The Balaban J connectivity index is 0.00000397. The molecule has 0 saturated carbocycles. The van der Waals surface area contributed by atoms with Crippen LogP contribution in [0.1, 0.15) is 11.1 Å². The zero-order chi connectivity index (χ0) is 41.1. The number of hydrogen-bond donors (Lipinski definition) is 8. The number of benzene rings is 4. The third-order valence-electron chi connectivity index (χ3n) is 7.64. The van der Waals surface area contributed by atoms with Crippen LogP contribution in [-0.4, -0.2) is 92.4 Å². The fourth-order valence-corrected chi connectivity index (χ4v) is 6.53. The van der Waals surface area contributed by atoms with Gasteiger partial charge in [0, 0.05) is 35.8 Å². The molecule has 0 radical (unpaired) electrons. The van der Waals surface area contributed by atoms with Gasteiger partial charge in [-0.15, -0.1) is 0 Å². The molecule has 2 heterocycles. The van der Waals surface area contributed by atoms with Crippen molar-refractivity contribution < 1.29 is 95.3 Å². The molecule has 2 aromatic heterocycles. The topological polar surface area (TPSA) is 304 Å². The molecule has 0 bridgehead atoms. The van der Waals surface area contributed by atoms with Gasteiger partial charge >= 0.3 is 59.1 Å². The Hall–Kier alpha value is -4.82. The molecule has 24 heteroatoms.